The van der Waals surface area contributed by atoms with Crippen molar-refractivity contribution in [1.29, 1.82) is 0 Å². The van der Waals surface area contributed by atoms with Gasteiger partial charge in [0.25, 0.3) is 0 Å². The summed E-state index contributed by atoms with van der Waals surface area (Å²) in [6.45, 7) is 2.61. The van der Waals surface area contributed by atoms with Crippen molar-refractivity contribution < 1.29 is 13.2 Å². The minimum absolute atomic E-state index is 0.0563. The van der Waals surface area contributed by atoms with E-state index in [-0.39, 0.29) is 17.9 Å². The summed E-state index contributed by atoms with van der Waals surface area (Å²) in [5, 5.41) is -0.419. The normalized spacial score (nSPS) is 26.3. The van der Waals surface area contributed by atoms with E-state index in [4.69, 9.17) is 0 Å². The number of carbonyl (C=O) groups is 1. The lowest BCUT2D eigenvalue weighted by atomic mass is 10.0. The fourth-order valence-corrected chi connectivity index (χ4v) is 5.35. The molecule has 2 saturated heterocycles. The van der Waals surface area contributed by atoms with Crippen molar-refractivity contribution in [2.75, 3.05) is 33.2 Å². The van der Waals surface area contributed by atoms with Gasteiger partial charge in [-0.2, -0.15) is 0 Å². The summed E-state index contributed by atoms with van der Waals surface area (Å²) < 4.78 is 27.6. The molecule has 0 atom stereocenters. The number of piperidine rings is 1. The lowest BCUT2D eigenvalue weighted by Gasteiger charge is -2.41. The van der Waals surface area contributed by atoms with E-state index in [0.717, 1.165) is 51.6 Å². The Kier molecular flexibility index (Phi) is 4.75. The summed E-state index contributed by atoms with van der Waals surface area (Å²) >= 11 is 0. The molecule has 7 heteroatoms. The number of carbonyl (C=O) groups excluding carboxylic acids is 1. The molecule has 3 rings (SSSR count). The maximum atomic E-state index is 12.4. The van der Waals surface area contributed by atoms with Crippen LogP contribution in [-0.2, 0) is 14.8 Å². The van der Waals surface area contributed by atoms with Crippen molar-refractivity contribution in [1.82, 2.24) is 14.5 Å². The molecule has 0 radical (unpaired) electrons. The largest absolute Gasteiger partial charge is 0.340 e. The highest BCUT2D eigenvalue weighted by Crippen LogP contribution is 2.29. The number of hydrogen-bond acceptors (Lipinski definition) is 4. The lowest BCUT2D eigenvalue weighted by molar-refractivity contribution is -0.138. The number of likely N-dealkylation sites (tertiary alicyclic amines) is 2. The number of sulfonamides is 1. The van der Waals surface area contributed by atoms with Gasteiger partial charge in [0, 0.05) is 25.0 Å². The lowest BCUT2D eigenvalue weighted by Crippen LogP contribution is -2.61. The molecule has 1 aliphatic carbocycles. The molecule has 1 saturated carbocycles. The van der Waals surface area contributed by atoms with Gasteiger partial charge >= 0.3 is 0 Å². The Morgan fingerprint density at radius 2 is 1.64 bits per heavy atom. The van der Waals surface area contributed by atoms with E-state index in [1.165, 1.54) is 0 Å². The second kappa shape index (κ2) is 6.45. The van der Waals surface area contributed by atoms with Crippen molar-refractivity contribution in [2.45, 2.75) is 49.8 Å². The molecule has 0 spiro atoms. The molecule has 3 fully saturated rings. The third kappa shape index (κ3) is 3.46. The van der Waals surface area contributed by atoms with Crippen molar-refractivity contribution in [3.63, 3.8) is 0 Å². The van der Waals surface area contributed by atoms with E-state index in [1.54, 1.807) is 4.90 Å². The second-order valence-electron chi connectivity index (χ2n) is 7.09. The molecule has 0 aromatic carbocycles. The van der Waals surface area contributed by atoms with Crippen LogP contribution in [0.3, 0.4) is 0 Å². The molecule has 22 heavy (non-hydrogen) atoms. The van der Waals surface area contributed by atoms with Crippen molar-refractivity contribution >= 4 is 15.9 Å². The molecule has 1 amide bonds. The number of hydrogen-bond donors (Lipinski definition) is 1. The van der Waals surface area contributed by atoms with Crippen LogP contribution in [0.4, 0.5) is 0 Å². The fourth-order valence-electron chi connectivity index (χ4n) is 3.70. The average Bonchev–Trinajstić information content (AvgIpc) is 2.93. The highest BCUT2D eigenvalue weighted by Gasteiger charge is 2.42. The van der Waals surface area contributed by atoms with Crippen molar-refractivity contribution in [2.24, 2.45) is 5.92 Å². The Bertz CT molecular complexity index is 502. The van der Waals surface area contributed by atoms with Crippen LogP contribution >= 0.6 is 0 Å². The Hall–Kier alpha value is -0.660. The van der Waals surface area contributed by atoms with Gasteiger partial charge in [-0.1, -0.05) is 12.8 Å². The standard InChI is InChI=1S/C15H27N3O3S/c1-17-8-6-13(7-9-17)16-22(20,21)14-10-18(11-14)15(19)12-4-2-3-5-12/h12-14,16H,2-11H2,1H3. The molecular weight excluding hydrogens is 302 g/mol. The molecule has 0 unspecified atom stereocenters. The van der Waals surface area contributed by atoms with Gasteiger partial charge in [0.1, 0.15) is 5.25 Å². The molecule has 2 heterocycles. The Morgan fingerprint density at radius 3 is 2.23 bits per heavy atom. The van der Waals surface area contributed by atoms with Crippen LogP contribution in [0.25, 0.3) is 0 Å². The zero-order valence-corrected chi connectivity index (χ0v) is 14.1. The fraction of sp³-hybridized carbons (Fsp3) is 0.933. The van der Waals surface area contributed by atoms with Gasteiger partial charge in [0.15, 0.2) is 0 Å². The Balaban J connectivity index is 1.47. The van der Waals surface area contributed by atoms with Crippen LogP contribution in [0.2, 0.25) is 0 Å². The van der Waals surface area contributed by atoms with Crippen molar-refractivity contribution in [3.05, 3.63) is 0 Å². The van der Waals surface area contributed by atoms with Crippen LogP contribution < -0.4 is 4.72 Å². The Morgan fingerprint density at radius 1 is 1.05 bits per heavy atom. The monoisotopic (exact) mass is 329 g/mol. The molecule has 0 bridgehead atoms. The van der Waals surface area contributed by atoms with Gasteiger partial charge < -0.3 is 9.80 Å². The molecule has 0 aromatic heterocycles. The van der Waals surface area contributed by atoms with Gasteiger partial charge in [-0.15, -0.1) is 0 Å². The molecule has 126 valence electrons. The number of amides is 1. The topological polar surface area (TPSA) is 69.7 Å². The van der Waals surface area contributed by atoms with Crippen LogP contribution in [0.1, 0.15) is 38.5 Å². The zero-order valence-electron chi connectivity index (χ0n) is 13.3. The summed E-state index contributed by atoms with van der Waals surface area (Å²) in [5.41, 5.74) is 0. The predicted octanol–water partition coefficient (Wildman–Crippen LogP) is 0.401. The maximum absolute atomic E-state index is 12.4. The highest BCUT2D eigenvalue weighted by atomic mass is 32.2. The first-order chi connectivity index (χ1) is 10.5. The molecule has 2 aliphatic heterocycles. The number of rotatable bonds is 4. The molecule has 6 nitrogen and oxygen atoms in total. The van der Waals surface area contributed by atoms with Gasteiger partial charge in [-0.25, -0.2) is 13.1 Å². The van der Waals surface area contributed by atoms with Crippen LogP contribution in [0, 0.1) is 5.92 Å². The quantitative estimate of drug-likeness (QED) is 0.811. The van der Waals surface area contributed by atoms with E-state index in [9.17, 15) is 13.2 Å². The first-order valence-corrected chi connectivity index (χ1v) is 9.99. The molecule has 0 aromatic rings. The maximum Gasteiger partial charge on any atom is 0.225 e. The van der Waals surface area contributed by atoms with E-state index >= 15 is 0 Å². The van der Waals surface area contributed by atoms with E-state index in [2.05, 4.69) is 16.7 Å². The first kappa shape index (κ1) is 16.2. The minimum Gasteiger partial charge on any atom is -0.340 e. The summed E-state index contributed by atoms with van der Waals surface area (Å²) in [7, 11) is -1.23. The minimum atomic E-state index is -3.29. The van der Waals surface area contributed by atoms with E-state index in [1.807, 2.05) is 0 Å². The summed E-state index contributed by atoms with van der Waals surface area (Å²) in [6, 6.07) is 0.0563. The molecule has 3 aliphatic rings. The Labute approximate surface area is 133 Å². The third-order valence-electron chi connectivity index (χ3n) is 5.35. The predicted molar refractivity (Wildman–Crippen MR) is 84.9 cm³/mol. The summed E-state index contributed by atoms with van der Waals surface area (Å²) in [4.78, 5) is 16.2. The van der Waals surface area contributed by atoms with Crippen LogP contribution in [-0.4, -0.2) is 68.6 Å². The molecule has 1 N–H and O–H groups in total. The summed E-state index contributed by atoms with van der Waals surface area (Å²) in [5.74, 6) is 0.314. The van der Waals surface area contributed by atoms with Gasteiger partial charge in [-0.3, -0.25) is 4.79 Å². The van der Waals surface area contributed by atoms with Crippen LogP contribution in [0.5, 0.6) is 0 Å². The average molecular weight is 329 g/mol. The highest BCUT2D eigenvalue weighted by molar-refractivity contribution is 7.90. The zero-order chi connectivity index (χ0) is 15.7. The van der Waals surface area contributed by atoms with E-state index in [0.29, 0.717) is 13.1 Å². The summed E-state index contributed by atoms with van der Waals surface area (Å²) in [6.07, 6.45) is 5.94. The number of nitrogens with zero attached hydrogens (tertiary/aromatic N) is 2. The van der Waals surface area contributed by atoms with Crippen LogP contribution in [0.15, 0.2) is 0 Å². The molecular formula is C15H27N3O3S. The smallest absolute Gasteiger partial charge is 0.225 e. The number of nitrogens with one attached hydrogen (secondary N) is 1. The van der Waals surface area contributed by atoms with E-state index < -0.39 is 15.3 Å². The van der Waals surface area contributed by atoms with Gasteiger partial charge in [0.2, 0.25) is 15.9 Å². The van der Waals surface area contributed by atoms with Crippen molar-refractivity contribution in [3.8, 4) is 0 Å². The van der Waals surface area contributed by atoms with Gasteiger partial charge in [0.05, 0.1) is 0 Å². The third-order valence-corrected chi connectivity index (χ3v) is 7.19. The SMILES string of the molecule is CN1CCC(NS(=O)(=O)C2CN(C(=O)C3CCCC3)C2)CC1. The second-order valence-corrected chi connectivity index (χ2v) is 9.08. The van der Waals surface area contributed by atoms with Gasteiger partial charge in [-0.05, 0) is 45.8 Å². The first-order valence-electron chi connectivity index (χ1n) is 8.44.